The summed E-state index contributed by atoms with van der Waals surface area (Å²) >= 11 is 8.95. The number of amides is 2. The van der Waals surface area contributed by atoms with Crippen LogP contribution < -0.4 is 10.9 Å². The zero-order chi connectivity index (χ0) is 22.9. The van der Waals surface area contributed by atoms with Gasteiger partial charge < -0.3 is 0 Å². The number of hydrogen-bond acceptors (Lipinski definition) is 6. The van der Waals surface area contributed by atoms with Gasteiger partial charge >= 0.3 is 0 Å². The SMILES string of the molecule is CC(C)(C)[C@@H]1CCc2c(sc3ncnc(SCC(=O)NNC(=O)c4ccc(Cl)cc4)c23)C1. The second kappa shape index (κ2) is 9.37. The van der Waals surface area contributed by atoms with E-state index in [-0.39, 0.29) is 17.1 Å². The molecule has 32 heavy (non-hydrogen) atoms. The molecule has 168 valence electrons. The Bertz CT molecular complexity index is 1160. The third-order valence-electron chi connectivity index (χ3n) is 5.80. The molecular weight excluding hydrogens is 464 g/mol. The molecule has 2 aromatic heterocycles. The monoisotopic (exact) mass is 488 g/mol. The van der Waals surface area contributed by atoms with E-state index in [1.54, 1.807) is 41.9 Å². The summed E-state index contributed by atoms with van der Waals surface area (Å²) in [5.74, 6) is 0.0929. The van der Waals surface area contributed by atoms with Gasteiger partial charge in [-0.2, -0.15) is 0 Å². The lowest BCUT2D eigenvalue weighted by molar-refractivity contribution is -0.119. The molecule has 1 aliphatic carbocycles. The fourth-order valence-corrected chi connectivity index (χ4v) is 6.18. The van der Waals surface area contributed by atoms with E-state index in [4.69, 9.17) is 11.6 Å². The predicted octanol–water partition coefficient (Wildman–Crippen LogP) is 5.05. The molecule has 2 N–H and O–H groups in total. The van der Waals surface area contributed by atoms with Crippen molar-refractivity contribution in [1.82, 2.24) is 20.8 Å². The van der Waals surface area contributed by atoms with Gasteiger partial charge in [-0.25, -0.2) is 9.97 Å². The number of nitrogens with zero attached hydrogens (tertiary/aromatic N) is 2. The summed E-state index contributed by atoms with van der Waals surface area (Å²) in [4.78, 5) is 35.8. The summed E-state index contributed by atoms with van der Waals surface area (Å²) in [6, 6.07) is 6.44. The largest absolute Gasteiger partial charge is 0.272 e. The van der Waals surface area contributed by atoms with E-state index in [0.29, 0.717) is 16.5 Å². The predicted molar refractivity (Wildman–Crippen MR) is 130 cm³/mol. The van der Waals surface area contributed by atoms with Gasteiger partial charge in [-0.1, -0.05) is 44.1 Å². The maximum atomic E-state index is 12.3. The van der Waals surface area contributed by atoms with Crippen LogP contribution >= 0.6 is 34.7 Å². The molecule has 0 unspecified atom stereocenters. The summed E-state index contributed by atoms with van der Waals surface area (Å²) in [6.45, 7) is 6.92. The molecule has 0 saturated heterocycles. The highest BCUT2D eigenvalue weighted by molar-refractivity contribution is 8.00. The van der Waals surface area contributed by atoms with Crippen molar-refractivity contribution in [1.29, 1.82) is 0 Å². The molecule has 3 aromatic rings. The van der Waals surface area contributed by atoms with Crippen molar-refractivity contribution in [3.05, 3.63) is 51.6 Å². The van der Waals surface area contributed by atoms with Crippen LogP contribution in [-0.4, -0.2) is 27.5 Å². The van der Waals surface area contributed by atoms with E-state index >= 15 is 0 Å². The number of rotatable bonds is 4. The molecule has 0 fully saturated rings. The van der Waals surface area contributed by atoms with Crippen molar-refractivity contribution >= 4 is 56.7 Å². The molecule has 0 radical (unpaired) electrons. The number of carbonyl (C=O) groups is 2. The van der Waals surface area contributed by atoms with Gasteiger partial charge in [0.15, 0.2) is 0 Å². The molecule has 4 rings (SSSR count). The maximum Gasteiger partial charge on any atom is 0.269 e. The quantitative estimate of drug-likeness (QED) is 0.305. The first-order chi connectivity index (χ1) is 15.2. The van der Waals surface area contributed by atoms with Gasteiger partial charge in [0.25, 0.3) is 5.91 Å². The lowest BCUT2D eigenvalue weighted by Crippen LogP contribution is -2.42. The number of hydrazine groups is 1. The number of aryl methyl sites for hydroxylation is 1. The van der Waals surface area contributed by atoms with E-state index in [0.717, 1.165) is 34.5 Å². The molecule has 1 aromatic carbocycles. The number of nitrogens with one attached hydrogen (secondary N) is 2. The van der Waals surface area contributed by atoms with E-state index in [1.165, 1.54) is 22.2 Å². The Hall–Kier alpha value is -2.16. The van der Waals surface area contributed by atoms with Crippen molar-refractivity contribution in [3.8, 4) is 0 Å². The summed E-state index contributed by atoms with van der Waals surface area (Å²) in [5.41, 5.74) is 6.93. The summed E-state index contributed by atoms with van der Waals surface area (Å²) in [5, 5.41) is 2.45. The van der Waals surface area contributed by atoms with E-state index in [1.807, 2.05) is 0 Å². The minimum Gasteiger partial charge on any atom is -0.272 e. The fourth-order valence-electron chi connectivity index (χ4n) is 3.90. The maximum absolute atomic E-state index is 12.3. The van der Waals surface area contributed by atoms with E-state index < -0.39 is 5.91 Å². The third-order valence-corrected chi connectivity index (χ3v) is 8.20. The molecule has 0 saturated carbocycles. The van der Waals surface area contributed by atoms with Gasteiger partial charge in [-0.05, 0) is 60.4 Å². The van der Waals surface area contributed by atoms with Crippen molar-refractivity contribution in [2.45, 2.75) is 45.1 Å². The lowest BCUT2D eigenvalue weighted by atomic mass is 9.72. The first-order valence-electron chi connectivity index (χ1n) is 10.4. The van der Waals surface area contributed by atoms with Crippen molar-refractivity contribution in [2.24, 2.45) is 11.3 Å². The Labute approximate surface area is 200 Å². The van der Waals surface area contributed by atoms with E-state index in [2.05, 4.69) is 41.6 Å². The Kier molecular flexibility index (Phi) is 6.74. The average Bonchev–Trinajstić information content (AvgIpc) is 3.14. The Morgan fingerprint density at radius 2 is 1.94 bits per heavy atom. The second-order valence-corrected chi connectivity index (χ2v) is 11.5. The third kappa shape index (κ3) is 5.08. The van der Waals surface area contributed by atoms with Crippen LogP contribution in [0.3, 0.4) is 0 Å². The van der Waals surface area contributed by atoms with E-state index in [9.17, 15) is 9.59 Å². The molecule has 0 bridgehead atoms. The van der Waals surface area contributed by atoms with Crippen LogP contribution in [-0.2, 0) is 17.6 Å². The number of fused-ring (bicyclic) bond motifs is 3. The summed E-state index contributed by atoms with van der Waals surface area (Å²) in [7, 11) is 0. The molecule has 0 aliphatic heterocycles. The number of hydrogen-bond donors (Lipinski definition) is 2. The minimum atomic E-state index is -0.398. The average molecular weight is 489 g/mol. The number of aromatic nitrogens is 2. The van der Waals surface area contributed by atoms with Crippen LogP contribution in [0.2, 0.25) is 5.02 Å². The number of thiophene rings is 1. The normalized spacial score (nSPS) is 15.9. The van der Waals surface area contributed by atoms with Gasteiger partial charge in [0.2, 0.25) is 5.91 Å². The van der Waals surface area contributed by atoms with Gasteiger partial charge in [0.1, 0.15) is 16.2 Å². The molecule has 0 spiro atoms. The van der Waals surface area contributed by atoms with Crippen LogP contribution in [0.5, 0.6) is 0 Å². The Morgan fingerprint density at radius 1 is 1.19 bits per heavy atom. The molecule has 1 aliphatic rings. The zero-order valence-corrected chi connectivity index (χ0v) is 20.6. The van der Waals surface area contributed by atoms with Crippen molar-refractivity contribution in [2.75, 3.05) is 5.75 Å². The standard InChI is InChI=1S/C23H25ClN4O2S2/c1-23(2,3)14-6-9-16-17(10-14)32-22-19(16)21(25-12-26-22)31-11-18(29)27-28-20(30)13-4-7-15(24)8-5-13/h4-5,7-8,12,14H,6,9-11H2,1-3H3,(H,27,29)(H,28,30)/t14-/m1/s1. The van der Waals surface area contributed by atoms with Crippen LogP contribution in [0.1, 0.15) is 48.0 Å². The summed E-state index contributed by atoms with van der Waals surface area (Å²) in [6.07, 6.45) is 4.80. The second-order valence-electron chi connectivity index (χ2n) is 8.97. The van der Waals surface area contributed by atoms with Gasteiger partial charge in [-0.15, -0.1) is 11.3 Å². The minimum absolute atomic E-state index is 0.141. The lowest BCUT2D eigenvalue weighted by Gasteiger charge is -2.33. The van der Waals surface area contributed by atoms with Crippen LogP contribution in [0.15, 0.2) is 35.6 Å². The van der Waals surface area contributed by atoms with Crippen molar-refractivity contribution in [3.63, 3.8) is 0 Å². The topological polar surface area (TPSA) is 84.0 Å². The number of carbonyl (C=O) groups excluding carboxylic acids is 2. The molecule has 2 heterocycles. The first-order valence-corrected chi connectivity index (χ1v) is 12.6. The van der Waals surface area contributed by atoms with Gasteiger partial charge in [0.05, 0.1) is 5.75 Å². The van der Waals surface area contributed by atoms with Crippen LogP contribution in [0.25, 0.3) is 10.2 Å². The molecule has 9 heteroatoms. The summed E-state index contributed by atoms with van der Waals surface area (Å²) < 4.78 is 0. The molecule has 2 amide bonds. The van der Waals surface area contributed by atoms with Gasteiger partial charge in [-0.3, -0.25) is 20.4 Å². The molecule has 1 atom stereocenters. The highest BCUT2D eigenvalue weighted by Crippen LogP contribution is 2.44. The van der Waals surface area contributed by atoms with Gasteiger partial charge in [0, 0.05) is 20.8 Å². The molecular formula is C23H25ClN4O2S2. The highest BCUT2D eigenvalue weighted by atomic mass is 35.5. The number of benzene rings is 1. The van der Waals surface area contributed by atoms with Crippen LogP contribution in [0.4, 0.5) is 0 Å². The Morgan fingerprint density at radius 3 is 2.66 bits per heavy atom. The Balaban J connectivity index is 1.40. The zero-order valence-electron chi connectivity index (χ0n) is 18.2. The smallest absolute Gasteiger partial charge is 0.269 e. The first kappa shape index (κ1) is 23.0. The number of halogens is 1. The fraction of sp³-hybridized carbons (Fsp3) is 0.391. The number of thioether (sulfide) groups is 1. The van der Waals surface area contributed by atoms with Crippen LogP contribution in [0, 0.1) is 11.3 Å². The molecule has 6 nitrogen and oxygen atoms in total. The van der Waals surface area contributed by atoms with Crippen molar-refractivity contribution < 1.29 is 9.59 Å². The highest BCUT2D eigenvalue weighted by Gasteiger charge is 2.31.